The third kappa shape index (κ3) is 3.40. The zero-order valence-electron chi connectivity index (χ0n) is 13.6. The van der Waals surface area contributed by atoms with Gasteiger partial charge in [-0.25, -0.2) is 0 Å². The predicted octanol–water partition coefficient (Wildman–Crippen LogP) is 3.84. The lowest BCUT2D eigenvalue weighted by atomic mass is 9.93. The fourth-order valence-corrected chi connectivity index (χ4v) is 4.42. The average Bonchev–Trinajstić information content (AvgIpc) is 2.73. The number of nitrogens with one attached hydrogen (secondary N) is 1. The summed E-state index contributed by atoms with van der Waals surface area (Å²) in [4.78, 5) is 0. The van der Waals surface area contributed by atoms with E-state index in [1.807, 2.05) is 11.8 Å². The topological polar surface area (TPSA) is 29.9 Å². The summed E-state index contributed by atoms with van der Waals surface area (Å²) in [6, 6.07) is 1.07. The van der Waals surface area contributed by atoms with E-state index in [0.717, 1.165) is 11.8 Å². The molecule has 1 saturated carbocycles. The summed E-state index contributed by atoms with van der Waals surface area (Å²) in [5.41, 5.74) is 3.90. The molecule has 20 heavy (non-hydrogen) atoms. The van der Waals surface area contributed by atoms with E-state index in [2.05, 4.69) is 49.0 Å². The smallest absolute Gasteiger partial charge is 0.0644 e. The summed E-state index contributed by atoms with van der Waals surface area (Å²) in [6.45, 7) is 9.74. The van der Waals surface area contributed by atoms with Crippen LogP contribution in [0.5, 0.6) is 0 Å². The van der Waals surface area contributed by atoms with Crippen molar-refractivity contribution in [1.82, 2.24) is 15.1 Å². The highest BCUT2D eigenvalue weighted by molar-refractivity contribution is 7.99. The van der Waals surface area contributed by atoms with Gasteiger partial charge < -0.3 is 5.32 Å². The minimum Gasteiger partial charge on any atom is -0.307 e. The average molecular weight is 295 g/mol. The fraction of sp³-hybridized carbons (Fsp3) is 0.812. The molecule has 0 radical (unpaired) electrons. The lowest BCUT2D eigenvalue weighted by molar-refractivity contribution is 0.352. The fourth-order valence-electron chi connectivity index (χ4n) is 3.59. The number of rotatable bonds is 5. The van der Waals surface area contributed by atoms with Crippen LogP contribution in [0.1, 0.15) is 62.5 Å². The number of aromatic nitrogens is 2. The summed E-state index contributed by atoms with van der Waals surface area (Å²) in [7, 11) is 0. The van der Waals surface area contributed by atoms with E-state index >= 15 is 0 Å². The lowest BCUT2D eigenvalue weighted by Crippen LogP contribution is -2.37. The Morgan fingerprint density at radius 3 is 2.75 bits per heavy atom. The number of hydrogen-bond donors (Lipinski definition) is 1. The zero-order valence-corrected chi connectivity index (χ0v) is 14.4. The quantitative estimate of drug-likeness (QED) is 0.895. The first-order chi connectivity index (χ1) is 9.56. The second-order valence-electron chi connectivity index (χ2n) is 6.01. The van der Waals surface area contributed by atoms with Crippen LogP contribution >= 0.6 is 11.8 Å². The first-order valence-corrected chi connectivity index (χ1v) is 9.18. The molecule has 3 atom stereocenters. The van der Waals surface area contributed by atoms with Gasteiger partial charge in [-0.1, -0.05) is 6.42 Å². The van der Waals surface area contributed by atoms with E-state index in [0.29, 0.717) is 12.1 Å². The standard InChI is InChI=1S/C16H29N3S/c1-6-19-13(4)16(12(3)18-19)11(2)17-14-8-7-9-15(10-14)20-5/h11,14-15,17H,6-10H2,1-5H3. The van der Waals surface area contributed by atoms with Crippen LogP contribution in [0.25, 0.3) is 0 Å². The third-order valence-corrected chi connectivity index (χ3v) is 5.71. The normalized spacial score (nSPS) is 24.9. The van der Waals surface area contributed by atoms with Crippen LogP contribution in [-0.4, -0.2) is 27.3 Å². The van der Waals surface area contributed by atoms with E-state index in [1.165, 1.54) is 42.6 Å². The molecule has 1 fully saturated rings. The molecule has 0 spiro atoms. The largest absolute Gasteiger partial charge is 0.307 e. The Morgan fingerprint density at radius 1 is 1.40 bits per heavy atom. The number of thioether (sulfide) groups is 1. The summed E-state index contributed by atoms with van der Waals surface area (Å²) in [5.74, 6) is 0. The lowest BCUT2D eigenvalue weighted by Gasteiger charge is -2.31. The van der Waals surface area contributed by atoms with Crippen molar-refractivity contribution < 1.29 is 0 Å². The molecule has 1 N–H and O–H groups in total. The molecular weight excluding hydrogens is 266 g/mol. The first kappa shape index (κ1) is 15.9. The molecule has 0 aliphatic heterocycles. The van der Waals surface area contributed by atoms with Gasteiger partial charge in [0.25, 0.3) is 0 Å². The molecule has 114 valence electrons. The number of hydrogen-bond acceptors (Lipinski definition) is 3. The molecule has 0 saturated heterocycles. The van der Waals surface area contributed by atoms with Gasteiger partial charge in [0, 0.05) is 35.1 Å². The van der Waals surface area contributed by atoms with Gasteiger partial charge in [0.1, 0.15) is 0 Å². The molecule has 0 aromatic carbocycles. The monoisotopic (exact) mass is 295 g/mol. The highest BCUT2D eigenvalue weighted by atomic mass is 32.2. The van der Waals surface area contributed by atoms with E-state index < -0.39 is 0 Å². The molecule has 3 unspecified atom stereocenters. The minimum atomic E-state index is 0.404. The summed E-state index contributed by atoms with van der Waals surface area (Å²) >= 11 is 2.03. The van der Waals surface area contributed by atoms with Gasteiger partial charge in [0.05, 0.1) is 5.69 Å². The Bertz CT molecular complexity index is 441. The van der Waals surface area contributed by atoms with Crippen molar-refractivity contribution in [2.24, 2.45) is 0 Å². The highest BCUT2D eigenvalue weighted by Gasteiger charge is 2.24. The molecular formula is C16H29N3S. The van der Waals surface area contributed by atoms with Crippen molar-refractivity contribution in [1.29, 1.82) is 0 Å². The van der Waals surface area contributed by atoms with Gasteiger partial charge >= 0.3 is 0 Å². The van der Waals surface area contributed by atoms with E-state index in [-0.39, 0.29) is 0 Å². The van der Waals surface area contributed by atoms with Crippen LogP contribution in [-0.2, 0) is 6.54 Å². The van der Waals surface area contributed by atoms with Crippen LogP contribution in [0.3, 0.4) is 0 Å². The molecule has 1 heterocycles. The molecule has 2 rings (SSSR count). The molecule has 1 aromatic heterocycles. The maximum absolute atomic E-state index is 4.65. The summed E-state index contributed by atoms with van der Waals surface area (Å²) < 4.78 is 2.12. The van der Waals surface area contributed by atoms with Gasteiger partial charge in [0.2, 0.25) is 0 Å². The molecule has 1 aromatic rings. The SMILES string of the molecule is CCn1nc(C)c(C(C)NC2CCCC(SC)C2)c1C. The second-order valence-corrected chi connectivity index (χ2v) is 7.15. The Kier molecular flexibility index (Phi) is 5.56. The van der Waals surface area contributed by atoms with Crippen LogP contribution in [0.4, 0.5) is 0 Å². The molecule has 0 bridgehead atoms. The zero-order chi connectivity index (χ0) is 14.7. The Labute approximate surface area is 127 Å². The van der Waals surface area contributed by atoms with E-state index in [4.69, 9.17) is 0 Å². The van der Waals surface area contributed by atoms with Crippen molar-refractivity contribution in [3.05, 3.63) is 17.0 Å². The maximum atomic E-state index is 4.65. The Hall–Kier alpha value is -0.480. The van der Waals surface area contributed by atoms with Crippen molar-refractivity contribution in [2.45, 2.75) is 77.3 Å². The Morgan fingerprint density at radius 2 is 2.15 bits per heavy atom. The first-order valence-electron chi connectivity index (χ1n) is 7.89. The van der Waals surface area contributed by atoms with Crippen molar-refractivity contribution in [3.8, 4) is 0 Å². The van der Waals surface area contributed by atoms with Gasteiger partial charge in [-0.15, -0.1) is 0 Å². The van der Waals surface area contributed by atoms with Crippen molar-refractivity contribution in [2.75, 3.05) is 6.26 Å². The van der Waals surface area contributed by atoms with E-state index in [1.54, 1.807) is 0 Å². The van der Waals surface area contributed by atoms with Gasteiger partial charge in [0.15, 0.2) is 0 Å². The van der Waals surface area contributed by atoms with Gasteiger partial charge in [-0.3, -0.25) is 4.68 Å². The summed E-state index contributed by atoms with van der Waals surface area (Å²) in [6.07, 6.45) is 7.63. The summed E-state index contributed by atoms with van der Waals surface area (Å²) in [5, 5.41) is 9.34. The molecule has 0 amide bonds. The van der Waals surface area contributed by atoms with Crippen LogP contribution in [0.15, 0.2) is 0 Å². The van der Waals surface area contributed by atoms with Crippen LogP contribution in [0.2, 0.25) is 0 Å². The van der Waals surface area contributed by atoms with Gasteiger partial charge in [-0.2, -0.15) is 16.9 Å². The van der Waals surface area contributed by atoms with Crippen LogP contribution in [0, 0.1) is 13.8 Å². The van der Waals surface area contributed by atoms with Gasteiger partial charge in [-0.05, 0) is 53.2 Å². The minimum absolute atomic E-state index is 0.404. The third-order valence-electron chi connectivity index (χ3n) is 4.62. The number of nitrogens with zero attached hydrogens (tertiary/aromatic N) is 2. The second kappa shape index (κ2) is 6.99. The molecule has 1 aliphatic rings. The van der Waals surface area contributed by atoms with E-state index in [9.17, 15) is 0 Å². The molecule has 4 heteroatoms. The molecule has 1 aliphatic carbocycles. The Balaban J connectivity index is 2.04. The highest BCUT2D eigenvalue weighted by Crippen LogP contribution is 2.29. The van der Waals surface area contributed by atoms with Crippen LogP contribution < -0.4 is 5.32 Å². The van der Waals surface area contributed by atoms with Crippen molar-refractivity contribution >= 4 is 11.8 Å². The maximum Gasteiger partial charge on any atom is 0.0644 e. The van der Waals surface area contributed by atoms with Crippen molar-refractivity contribution in [3.63, 3.8) is 0 Å². The molecule has 3 nitrogen and oxygen atoms in total. The predicted molar refractivity (Wildman–Crippen MR) is 88.5 cm³/mol. The number of aryl methyl sites for hydroxylation is 2.